The molecule has 0 atom stereocenters. The van der Waals surface area contributed by atoms with Crippen LogP contribution in [0.15, 0.2) is 73.3 Å². The van der Waals surface area contributed by atoms with Gasteiger partial charge in [0.15, 0.2) is 0 Å². The molecule has 4 rings (SSSR count). The zero-order chi connectivity index (χ0) is 24.1. The molecule has 1 aromatic heterocycles. The lowest BCUT2D eigenvalue weighted by atomic mass is 10.1. The standard InChI is InChI=1S/C28H28N2O4/c1-4-19-5-7-21(8-6-19)18-30-26-15-23(34-3)13-14-24(26)25(27(30)28(31)32)17-29-16-20-9-11-22(33-2)12-10-20/h4-15,29H,1,16-18H2,2-3H3,(H,31,32). The van der Waals surface area contributed by atoms with Crippen LogP contribution < -0.4 is 14.8 Å². The Hall–Kier alpha value is -4.03. The van der Waals surface area contributed by atoms with Crippen LogP contribution in [0.5, 0.6) is 11.5 Å². The van der Waals surface area contributed by atoms with E-state index in [4.69, 9.17) is 9.47 Å². The Morgan fingerprint density at radius 2 is 1.59 bits per heavy atom. The van der Waals surface area contributed by atoms with Crippen LogP contribution in [0, 0.1) is 0 Å². The maximum absolute atomic E-state index is 12.5. The Morgan fingerprint density at radius 1 is 0.941 bits per heavy atom. The largest absolute Gasteiger partial charge is 0.497 e. The number of benzene rings is 3. The van der Waals surface area contributed by atoms with Crippen molar-refractivity contribution in [3.8, 4) is 11.5 Å². The molecule has 4 aromatic rings. The summed E-state index contributed by atoms with van der Waals surface area (Å²) < 4.78 is 12.5. The number of ether oxygens (including phenoxy) is 2. The fourth-order valence-corrected chi connectivity index (χ4v) is 4.13. The lowest BCUT2D eigenvalue weighted by Gasteiger charge is -2.11. The molecule has 0 amide bonds. The van der Waals surface area contributed by atoms with E-state index in [1.54, 1.807) is 20.3 Å². The Bertz CT molecular complexity index is 1310. The number of hydrogen-bond donors (Lipinski definition) is 2. The third kappa shape index (κ3) is 4.82. The molecule has 0 bridgehead atoms. The second-order valence-corrected chi connectivity index (χ2v) is 8.00. The molecule has 0 radical (unpaired) electrons. The average molecular weight is 457 g/mol. The van der Waals surface area contributed by atoms with Crippen molar-refractivity contribution in [2.75, 3.05) is 14.2 Å². The summed E-state index contributed by atoms with van der Waals surface area (Å²) in [4.78, 5) is 12.5. The van der Waals surface area contributed by atoms with E-state index in [0.717, 1.165) is 38.9 Å². The van der Waals surface area contributed by atoms with Crippen molar-refractivity contribution >= 4 is 22.9 Å². The van der Waals surface area contributed by atoms with Crippen LogP contribution in [0.4, 0.5) is 0 Å². The van der Waals surface area contributed by atoms with Gasteiger partial charge in [-0.25, -0.2) is 4.79 Å². The lowest BCUT2D eigenvalue weighted by Crippen LogP contribution is -2.17. The number of aromatic nitrogens is 1. The molecule has 6 heteroatoms. The van der Waals surface area contributed by atoms with E-state index in [1.807, 2.05) is 71.3 Å². The maximum atomic E-state index is 12.5. The van der Waals surface area contributed by atoms with Crippen molar-refractivity contribution in [2.45, 2.75) is 19.6 Å². The summed E-state index contributed by atoms with van der Waals surface area (Å²) in [5.41, 5.74) is 4.96. The highest BCUT2D eigenvalue weighted by atomic mass is 16.5. The van der Waals surface area contributed by atoms with Gasteiger partial charge < -0.3 is 24.5 Å². The monoisotopic (exact) mass is 456 g/mol. The molecule has 174 valence electrons. The van der Waals surface area contributed by atoms with Gasteiger partial charge in [-0.05, 0) is 41.0 Å². The van der Waals surface area contributed by atoms with Gasteiger partial charge in [0, 0.05) is 36.7 Å². The van der Waals surface area contributed by atoms with Gasteiger partial charge >= 0.3 is 5.97 Å². The van der Waals surface area contributed by atoms with Gasteiger partial charge in [0.2, 0.25) is 0 Å². The molecule has 0 saturated heterocycles. The highest BCUT2D eigenvalue weighted by Gasteiger charge is 2.23. The summed E-state index contributed by atoms with van der Waals surface area (Å²) in [6, 6.07) is 21.4. The van der Waals surface area contributed by atoms with Gasteiger partial charge in [0.1, 0.15) is 17.2 Å². The van der Waals surface area contributed by atoms with E-state index in [1.165, 1.54) is 0 Å². The smallest absolute Gasteiger partial charge is 0.352 e. The molecule has 6 nitrogen and oxygen atoms in total. The van der Waals surface area contributed by atoms with Crippen LogP contribution >= 0.6 is 0 Å². The normalized spacial score (nSPS) is 10.9. The number of carboxylic acid groups (broad SMARTS) is 1. The summed E-state index contributed by atoms with van der Waals surface area (Å²) in [5, 5.41) is 14.5. The minimum Gasteiger partial charge on any atom is -0.497 e. The maximum Gasteiger partial charge on any atom is 0.352 e. The second-order valence-electron chi connectivity index (χ2n) is 8.00. The Kier molecular flexibility index (Phi) is 6.99. The van der Waals surface area contributed by atoms with Crippen LogP contribution in [0.2, 0.25) is 0 Å². The number of aromatic carboxylic acids is 1. The van der Waals surface area contributed by atoms with E-state index in [-0.39, 0.29) is 5.69 Å². The molecule has 0 saturated carbocycles. The molecule has 34 heavy (non-hydrogen) atoms. The highest BCUT2D eigenvalue weighted by Crippen LogP contribution is 2.31. The molecular formula is C28H28N2O4. The first-order valence-corrected chi connectivity index (χ1v) is 11.0. The van der Waals surface area contributed by atoms with E-state index in [9.17, 15) is 9.90 Å². The first kappa shape index (κ1) is 23.1. The second kappa shape index (κ2) is 10.3. The number of nitrogens with zero attached hydrogens (tertiary/aromatic N) is 1. The van der Waals surface area contributed by atoms with Crippen molar-refractivity contribution in [3.05, 3.63) is 101 Å². The third-order valence-corrected chi connectivity index (χ3v) is 5.93. The zero-order valence-electron chi connectivity index (χ0n) is 19.4. The average Bonchev–Trinajstić information content (AvgIpc) is 3.17. The predicted octanol–water partition coefficient (Wildman–Crippen LogP) is 5.34. The minimum atomic E-state index is -0.959. The van der Waals surface area contributed by atoms with E-state index < -0.39 is 5.97 Å². The van der Waals surface area contributed by atoms with Gasteiger partial charge in [-0.2, -0.15) is 0 Å². The van der Waals surface area contributed by atoms with E-state index in [2.05, 4.69) is 11.9 Å². The van der Waals surface area contributed by atoms with Crippen molar-refractivity contribution < 1.29 is 19.4 Å². The molecule has 0 unspecified atom stereocenters. The van der Waals surface area contributed by atoms with Crippen LogP contribution in [-0.2, 0) is 19.6 Å². The van der Waals surface area contributed by atoms with Crippen molar-refractivity contribution in [2.24, 2.45) is 0 Å². The predicted molar refractivity (Wildman–Crippen MR) is 135 cm³/mol. The summed E-state index contributed by atoms with van der Waals surface area (Å²) in [6.07, 6.45) is 1.79. The topological polar surface area (TPSA) is 72.7 Å². The molecule has 0 spiro atoms. The SMILES string of the molecule is C=Cc1ccc(Cn2c(C(=O)O)c(CNCc3ccc(OC)cc3)c3ccc(OC)cc32)cc1. The van der Waals surface area contributed by atoms with Crippen LogP contribution in [0.3, 0.4) is 0 Å². The summed E-state index contributed by atoms with van der Waals surface area (Å²) in [6.45, 7) is 5.25. The van der Waals surface area contributed by atoms with E-state index in [0.29, 0.717) is 25.4 Å². The summed E-state index contributed by atoms with van der Waals surface area (Å²) in [5.74, 6) is 0.525. The number of carboxylic acids is 1. The molecular weight excluding hydrogens is 428 g/mol. The van der Waals surface area contributed by atoms with Gasteiger partial charge in [-0.15, -0.1) is 0 Å². The zero-order valence-corrected chi connectivity index (χ0v) is 19.4. The molecule has 3 aromatic carbocycles. The first-order valence-electron chi connectivity index (χ1n) is 11.0. The quantitative estimate of drug-likeness (QED) is 0.337. The van der Waals surface area contributed by atoms with E-state index >= 15 is 0 Å². The third-order valence-electron chi connectivity index (χ3n) is 5.93. The lowest BCUT2D eigenvalue weighted by molar-refractivity contribution is 0.0684. The van der Waals surface area contributed by atoms with Gasteiger partial charge in [-0.1, -0.05) is 49.1 Å². The fraction of sp³-hybridized carbons (Fsp3) is 0.179. The van der Waals surface area contributed by atoms with Crippen molar-refractivity contribution in [1.82, 2.24) is 9.88 Å². The number of nitrogens with one attached hydrogen (secondary N) is 1. The molecule has 0 aliphatic carbocycles. The summed E-state index contributed by atoms with van der Waals surface area (Å²) >= 11 is 0. The highest BCUT2D eigenvalue weighted by molar-refractivity contribution is 5.98. The number of fused-ring (bicyclic) bond motifs is 1. The number of methoxy groups -OCH3 is 2. The Balaban J connectivity index is 1.70. The minimum absolute atomic E-state index is 0.276. The van der Waals surface area contributed by atoms with Crippen LogP contribution in [0.1, 0.15) is 32.7 Å². The Labute approximate surface area is 199 Å². The molecule has 0 fully saturated rings. The van der Waals surface area contributed by atoms with Crippen LogP contribution in [0.25, 0.3) is 17.0 Å². The van der Waals surface area contributed by atoms with Crippen LogP contribution in [-0.4, -0.2) is 29.9 Å². The molecule has 2 N–H and O–H groups in total. The van der Waals surface area contributed by atoms with Crippen molar-refractivity contribution in [1.29, 1.82) is 0 Å². The number of carbonyl (C=O) groups is 1. The van der Waals surface area contributed by atoms with Gasteiger partial charge in [0.25, 0.3) is 0 Å². The summed E-state index contributed by atoms with van der Waals surface area (Å²) in [7, 11) is 3.25. The Morgan fingerprint density at radius 3 is 2.21 bits per heavy atom. The number of hydrogen-bond acceptors (Lipinski definition) is 4. The first-order chi connectivity index (χ1) is 16.5. The van der Waals surface area contributed by atoms with Gasteiger partial charge in [-0.3, -0.25) is 0 Å². The van der Waals surface area contributed by atoms with Gasteiger partial charge in [0.05, 0.1) is 19.7 Å². The molecule has 0 aliphatic rings. The van der Waals surface area contributed by atoms with Crippen molar-refractivity contribution in [3.63, 3.8) is 0 Å². The number of rotatable bonds is 10. The molecule has 0 aliphatic heterocycles. The molecule has 1 heterocycles. The fourth-order valence-electron chi connectivity index (χ4n) is 4.13.